The van der Waals surface area contributed by atoms with Crippen molar-refractivity contribution in [3.05, 3.63) is 131 Å². The third kappa shape index (κ3) is 12.9. The molecule has 0 saturated carbocycles. The topological polar surface area (TPSA) is 93.7 Å². The maximum absolute atomic E-state index is 14.2. The van der Waals surface area contributed by atoms with Gasteiger partial charge in [0.15, 0.2) is 0 Å². The van der Waals surface area contributed by atoms with E-state index in [0.29, 0.717) is 29.7 Å². The predicted octanol–water partition coefficient (Wildman–Crippen LogP) is 10.7. The fourth-order valence-electron chi connectivity index (χ4n) is 6.35. The van der Waals surface area contributed by atoms with E-state index < -0.39 is 18.2 Å². The molecular formula is C44H51F3N2O5. The molecule has 288 valence electrons. The van der Waals surface area contributed by atoms with Crippen LogP contribution in [0.1, 0.15) is 96.5 Å². The lowest BCUT2D eigenvalue weighted by molar-refractivity contribution is -0.274. The Kier molecular flexibility index (Phi) is 16.5. The van der Waals surface area contributed by atoms with E-state index in [-0.39, 0.29) is 43.1 Å². The van der Waals surface area contributed by atoms with E-state index in [4.69, 9.17) is 4.74 Å². The minimum absolute atomic E-state index is 0.0494. The quantitative estimate of drug-likeness (QED) is 0.0934. The van der Waals surface area contributed by atoms with Crippen LogP contribution < -0.4 is 15.4 Å². The van der Waals surface area contributed by atoms with Crippen LogP contribution in [0.5, 0.6) is 5.75 Å². The number of benzene rings is 4. The third-order valence-corrected chi connectivity index (χ3v) is 8.69. The predicted molar refractivity (Wildman–Crippen MR) is 209 cm³/mol. The normalized spacial score (nSPS) is 12.0. The lowest BCUT2D eigenvalue weighted by Gasteiger charge is -2.28. The zero-order valence-electron chi connectivity index (χ0n) is 31.9. The molecule has 0 aliphatic heterocycles. The Balaban J connectivity index is 0.00000186. The number of carbonyl (C=O) groups excluding carboxylic acids is 3. The first-order valence-electron chi connectivity index (χ1n) is 18.2. The van der Waals surface area contributed by atoms with Crippen molar-refractivity contribution >= 4 is 23.5 Å². The van der Waals surface area contributed by atoms with Crippen molar-refractivity contribution in [2.75, 3.05) is 18.5 Å². The first kappa shape index (κ1) is 43.0. The van der Waals surface area contributed by atoms with E-state index in [0.717, 1.165) is 34.2 Å². The molecule has 4 aromatic carbocycles. The Morgan fingerprint density at radius 3 is 1.93 bits per heavy atom. The van der Waals surface area contributed by atoms with Crippen molar-refractivity contribution in [3.8, 4) is 16.9 Å². The molecular weight excluding hydrogens is 693 g/mol. The highest BCUT2D eigenvalue weighted by atomic mass is 19.4. The number of allylic oxidation sites excluding steroid dienone is 1. The fraction of sp³-hybridized carbons (Fsp3) is 0.341. The summed E-state index contributed by atoms with van der Waals surface area (Å²) in [6.45, 7) is 15.8. The van der Waals surface area contributed by atoms with Crippen LogP contribution in [0.4, 0.5) is 18.9 Å². The van der Waals surface area contributed by atoms with Crippen LogP contribution in [0.2, 0.25) is 0 Å². The number of hydrogen-bond acceptors (Lipinski definition) is 5. The van der Waals surface area contributed by atoms with Crippen LogP contribution in [-0.4, -0.2) is 37.3 Å². The van der Waals surface area contributed by atoms with Crippen molar-refractivity contribution in [3.63, 3.8) is 0 Å². The number of carbonyl (C=O) groups is 3. The average Bonchev–Trinajstić information content (AvgIpc) is 3.12. The molecule has 0 heterocycles. The molecule has 0 aliphatic rings. The number of amides is 2. The molecule has 0 saturated heterocycles. The monoisotopic (exact) mass is 744 g/mol. The van der Waals surface area contributed by atoms with Crippen molar-refractivity contribution in [2.24, 2.45) is 0 Å². The summed E-state index contributed by atoms with van der Waals surface area (Å²) in [6, 6.07) is 24.1. The van der Waals surface area contributed by atoms with Gasteiger partial charge in [-0.1, -0.05) is 80.4 Å². The molecule has 2 atom stereocenters. The second kappa shape index (κ2) is 20.8. The molecule has 10 heteroatoms. The number of aryl methyl sites for hydroxylation is 3. The van der Waals surface area contributed by atoms with Crippen molar-refractivity contribution in [1.29, 1.82) is 0 Å². The van der Waals surface area contributed by atoms with Gasteiger partial charge in [-0.2, -0.15) is 0 Å². The SMILES string of the molecule is C=CCC.CCCC(c1ccc(C(=O)NCCC(=O)OCC)cc1)C(C(=O)Nc1ccc(-c2c(C)cc(C)cc2C)cc1)c1ccc(OC(F)(F)F)cc1. The van der Waals surface area contributed by atoms with Gasteiger partial charge >= 0.3 is 12.3 Å². The van der Waals surface area contributed by atoms with E-state index in [1.807, 2.05) is 37.3 Å². The maximum atomic E-state index is 14.2. The zero-order chi connectivity index (χ0) is 39.8. The van der Waals surface area contributed by atoms with Gasteiger partial charge in [0.2, 0.25) is 5.91 Å². The summed E-state index contributed by atoms with van der Waals surface area (Å²) < 4.78 is 47.7. The van der Waals surface area contributed by atoms with Gasteiger partial charge in [-0.3, -0.25) is 14.4 Å². The van der Waals surface area contributed by atoms with E-state index in [1.54, 1.807) is 31.2 Å². The Morgan fingerprint density at radius 1 is 0.833 bits per heavy atom. The second-order valence-electron chi connectivity index (χ2n) is 13.0. The first-order chi connectivity index (χ1) is 25.7. The summed E-state index contributed by atoms with van der Waals surface area (Å²) in [5.41, 5.74) is 7.89. The van der Waals surface area contributed by atoms with Gasteiger partial charge < -0.3 is 20.1 Å². The molecule has 0 aromatic heterocycles. The van der Waals surface area contributed by atoms with Gasteiger partial charge in [0.1, 0.15) is 5.75 Å². The Hall–Kier alpha value is -5.38. The molecule has 0 fully saturated rings. The summed E-state index contributed by atoms with van der Waals surface area (Å²) in [5, 5.41) is 5.74. The average molecular weight is 745 g/mol. The van der Waals surface area contributed by atoms with E-state index in [9.17, 15) is 27.6 Å². The summed E-state index contributed by atoms with van der Waals surface area (Å²) >= 11 is 0. The van der Waals surface area contributed by atoms with Gasteiger partial charge in [0.25, 0.3) is 5.91 Å². The zero-order valence-corrected chi connectivity index (χ0v) is 31.9. The molecule has 7 nitrogen and oxygen atoms in total. The molecule has 0 spiro atoms. The lowest BCUT2D eigenvalue weighted by Crippen LogP contribution is -2.27. The molecule has 0 aliphatic carbocycles. The molecule has 2 unspecified atom stereocenters. The van der Waals surface area contributed by atoms with Gasteiger partial charge in [-0.15, -0.1) is 19.8 Å². The molecule has 2 amide bonds. The highest BCUT2D eigenvalue weighted by Crippen LogP contribution is 2.39. The number of esters is 1. The summed E-state index contributed by atoms with van der Waals surface area (Å²) in [4.78, 5) is 38.5. The van der Waals surface area contributed by atoms with E-state index >= 15 is 0 Å². The van der Waals surface area contributed by atoms with Gasteiger partial charge in [0, 0.05) is 17.8 Å². The summed E-state index contributed by atoms with van der Waals surface area (Å²) in [6.07, 6.45) is -0.551. The van der Waals surface area contributed by atoms with Crippen LogP contribution in [0, 0.1) is 20.8 Å². The number of alkyl halides is 3. The Labute approximate surface area is 317 Å². The van der Waals surface area contributed by atoms with Crippen LogP contribution in [-0.2, 0) is 14.3 Å². The molecule has 4 aromatic rings. The standard InChI is InChI=1S/C40H43F3N2O5.C4H8/c1-6-8-34(28-9-11-31(12-10-28)38(47)44-22-21-35(46)49-7-2)37(30-15-19-33(20-16-30)50-40(41,42)43)39(48)45-32-17-13-29(14-18-32)36-26(4)23-25(3)24-27(36)5;1-3-4-2/h9-20,23-24,34,37H,6-8,21-22H2,1-5H3,(H,44,47)(H,45,48);3H,1,4H2,2H3. The maximum Gasteiger partial charge on any atom is 0.573 e. The largest absolute Gasteiger partial charge is 0.573 e. The van der Waals surface area contributed by atoms with Gasteiger partial charge in [-0.25, -0.2) is 0 Å². The highest BCUT2D eigenvalue weighted by molar-refractivity contribution is 5.97. The van der Waals surface area contributed by atoms with E-state index in [1.165, 1.54) is 29.8 Å². The first-order valence-corrected chi connectivity index (χ1v) is 18.2. The van der Waals surface area contributed by atoms with Gasteiger partial charge in [-0.05, 0) is 116 Å². The molecule has 4 rings (SSSR count). The van der Waals surface area contributed by atoms with Crippen molar-refractivity contribution < 1.29 is 37.0 Å². The molecule has 2 N–H and O–H groups in total. The summed E-state index contributed by atoms with van der Waals surface area (Å²) in [5.74, 6) is -2.65. The van der Waals surface area contributed by atoms with Crippen LogP contribution in [0.15, 0.2) is 97.6 Å². The van der Waals surface area contributed by atoms with Crippen LogP contribution in [0.3, 0.4) is 0 Å². The minimum atomic E-state index is -4.85. The third-order valence-electron chi connectivity index (χ3n) is 8.69. The number of halogens is 3. The molecule has 0 radical (unpaired) electrons. The van der Waals surface area contributed by atoms with Crippen molar-refractivity contribution in [2.45, 2.75) is 85.4 Å². The van der Waals surface area contributed by atoms with Crippen LogP contribution in [0.25, 0.3) is 11.1 Å². The van der Waals surface area contributed by atoms with E-state index in [2.05, 4.69) is 61.8 Å². The van der Waals surface area contributed by atoms with Crippen molar-refractivity contribution in [1.82, 2.24) is 5.32 Å². The number of hydrogen-bond donors (Lipinski definition) is 2. The summed E-state index contributed by atoms with van der Waals surface area (Å²) in [7, 11) is 0. The molecule has 54 heavy (non-hydrogen) atoms. The smallest absolute Gasteiger partial charge is 0.466 e. The molecule has 0 bridgehead atoms. The van der Waals surface area contributed by atoms with Gasteiger partial charge in [0.05, 0.1) is 18.9 Å². The Morgan fingerprint density at radius 2 is 1.41 bits per heavy atom. The fourth-order valence-corrected chi connectivity index (χ4v) is 6.35. The lowest BCUT2D eigenvalue weighted by atomic mass is 9.78. The Bertz CT molecular complexity index is 1810. The second-order valence-corrected chi connectivity index (χ2v) is 13.0. The number of ether oxygens (including phenoxy) is 2. The number of rotatable bonds is 15. The number of nitrogens with one attached hydrogen (secondary N) is 2. The highest BCUT2D eigenvalue weighted by Gasteiger charge is 2.33. The minimum Gasteiger partial charge on any atom is -0.466 e. The van der Waals surface area contributed by atoms with Crippen LogP contribution >= 0.6 is 0 Å². The number of anilines is 1.